The molecule has 0 saturated carbocycles. The van der Waals surface area contributed by atoms with Crippen LogP contribution in [-0.2, 0) is 9.59 Å². The number of carbonyl (C=O) groups is 3. The summed E-state index contributed by atoms with van der Waals surface area (Å²) in [5, 5.41) is 17.9. The number of halogens is 1. The van der Waals surface area contributed by atoms with Gasteiger partial charge in [0, 0.05) is 23.7 Å². The van der Waals surface area contributed by atoms with Crippen LogP contribution in [0, 0.1) is 5.92 Å². The van der Waals surface area contributed by atoms with Gasteiger partial charge in [-0.2, -0.15) is 0 Å². The summed E-state index contributed by atoms with van der Waals surface area (Å²) >= 11 is 3.43. The molecule has 0 bridgehead atoms. The molecule has 2 rings (SSSR count). The number of aliphatic carboxylic acids is 2. The maximum atomic E-state index is 12.3. The van der Waals surface area contributed by atoms with Gasteiger partial charge in [-0.15, -0.1) is 0 Å². The number of carboxylic acids is 2. The molecule has 0 aliphatic heterocycles. The van der Waals surface area contributed by atoms with Crippen LogP contribution < -0.4 is 4.74 Å². The predicted molar refractivity (Wildman–Crippen MR) is 85.0 cm³/mol. The summed E-state index contributed by atoms with van der Waals surface area (Å²) in [5.41, 5.74) is 1.30. The first kappa shape index (κ1) is 17.5. The van der Waals surface area contributed by atoms with Crippen LogP contribution in [0.5, 0.6) is 5.75 Å². The maximum absolute atomic E-state index is 12.3. The van der Waals surface area contributed by atoms with Gasteiger partial charge in [-0.3, -0.25) is 14.4 Å². The first-order chi connectivity index (χ1) is 10.8. The second-order valence-electron chi connectivity index (χ2n) is 5.66. The quantitative estimate of drug-likeness (QED) is 0.748. The van der Waals surface area contributed by atoms with Gasteiger partial charge >= 0.3 is 11.9 Å². The van der Waals surface area contributed by atoms with E-state index in [1.165, 1.54) is 7.11 Å². The lowest BCUT2D eigenvalue weighted by molar-refractivity contribution is -0.140. The molecule has 0 aromatic heterocycles. The minimum Gasteiger partial charge on any atom is -0.496 e. The molecular formula is C16H17BrO6. The number of benzene rings is 1. The summed E-state index contributed by atoms with van der Waals surface area (Å²) in [6.07, 6.45) is 0.120. The average molecular weight is 385 g/mol. The Labute approximate surface area is 141 Å². The Morgan fingerprint density at radius 3 is 2.43 bits per heavy atom. The molecule has 0 radical (unpaired) electrons. The molecule has 124 valence electrons. The van der Waals surface area contributed by atoms with Crippen LogP contribution in [0.25, 0.3) is 0 Å². The van der Waals surface area contributed by atoms with E-state index in [4.69, 9.17) is 14.9 Å². The van der Waals surface area contributed by atoms with Crippen molar-refractivity contribution >= 4 is 33.7 Å². The van der Waals surface area contributed by atoms with Crippen molar-refractivity contribution in [2.75, 3.05) is 7.11 Å². The highest BCUT2D eigenvalue weighted by molar-refractivity contribution is 9.10. The number of carbonyl (C=O) groups excluding carboxylic acids is 1. The molecule has 6 nitrogen and oxygen atoms in total. The van der Waals surface area contributed by atoms with Gasteiger partial charge in [0.1, 0.15) is 5.75 Å². The topological polar surface area (TPSA) is 101 Å². The van der Waals surface area contributed by atoms with E-state index in [0.29, 0.717) is 17.7 Å². The van der Waals surface area contributed by atoms with E-state index in [9.17, 15) is 14.4 Å². The van der Waals surface area contributed by atoms with Crippen molar-refractivity contribution in [2.45, 2.75) is 31.6 Å². The van der Waals surface area contributed by atoms with Gasteiger partial charge in [-0.25, -0.2) is 0 Å². The van der Waals surface area contributed by atoms with Crippen molar-refractivity contribution in [3.8, 4) is 5.75 Å². The van der Waals surface area contributed by atoms with Crippen LogP contribution in [0.2, 0.25) is 0 Å². The third-order valence-electron chi connectivity index (χ3n) is 4.04. The zero-order valence-corrected chi connectivity index (χ0v) is 14.1. The van der Waals surface area contributed by atoms with Crippen LogP contribution in [0.4, 0.5) is 0 Å². The number of hydrogen-bond donors (Lipinski definition) is 2. The number of Topliss-reactive ketones (excluding diaryl/α,β-unsaturated/α-hetero) is 1. The van der Waals surface area contributed by atoms with Crippen molar-refractivity contribution in [2.24, 2.45) is 5.92 Å². The van der Waals surface area contributed by atoms with Gasteiger partial charge in [0.25, 0.3) is 0 Å². The lowest BCUT2D eigenvalue weighted by atomic mass is 9.86. The number of methoxy groups -OCH3 is 1. The van der Waals surface area contributed by atoms with Crippen molar-refractivity contribution in [3.05, 3.63) is 27.7 Å². The number of ketones is 1. The molecule has 0 amide bonds. The summed E-state index contributed by atoms with van der Waals surface area (Å²) in [4.78, 5) is 34.2. The largest absolute Gasteiger partial charge is 0.496 e. The van der Waals surface area contributed by atoms with Crippen LogP contribution in [-0.4, -0.2) is 35.0 Å². The van der Waals surface area contributed by atoms with Crippen molar-refractivity contribution in [1.82, 2.24) is 0 Å². The van der Waals surface area contributed by atoms with E-state index in [1.54, 1.807) is 12.1 Å². The molecule has 1 aliphatic rings. The minimum absolute atomic E-state index is 0.0625. The molecule has 2 N–H and O–H groups in total. The third-order valence-corrected chi connectivity index (χ3v) is 4.73. The summed E-state index contributed by atoms with van der Waals surface area (Å²) in [6.45, 7) is 0. The maximum Gasteiger partial charge on any atom is 0.303 e. The van der Waals surface area contributed by atoms with Crippen molar-refractivity contribution < 1.29 is 29.3 Å². The van der Waals surface area contributed by atoms with Crippen LogP contribution in [0.15, 0.2) is 16.6 Å². The fourth-order valence-electron chi connectivity index (χ4n) is 3.20. The highest BCUT2D eigenvalue weighted by Gasteiger charge is 2.36. The molecule has 0 fully saturated rings. The Balaban J connectivity index is 2.31. The standard InChI is InChI=1S/C16H17BrO6/c1-23-12-3-2-10(17)15-9(7-11(18)16(12)15)4-8(5-13(19)20)6-14(21)22/h2-3,8-9H,4-7H2,1H3,(H,19,20)(H,21,22). The number of hydrogen-bond acceptors (Lipinski definition) is 4. The van der Waals surface area contributed by atoms with E-state index in [2.05, 4.69) is 15.9 Å². The first-order valence-electron chi connectivity index (χ1n) is 7.16. The molecule has 23 heavy (non-hydrogen) atoms. The fourth-order valence-corrected chi connectivity index (χ4v) is 3.85. The Kier molecular flexibility index (Phi) is 5.41. The fraction of sp³-hybridized carbons (Fsp3) is 0.438. The Morgan fingerprint density at radius 1 is 1.30 bits per heavy atom. The van der Waals surface area contributed by atoms with Gasteiger partial charge in [-0.05, 0) is 36.0 Å². The van der Waals surface area contributed by atoms with Gasteiger partial charge in [0.2, 0.25) is 0 Å². The SMILES string of the molecule is COc1ccc(Br)c2c1C(=O)CC2CC(CC(=O)O)CC(=O)O. The van der Waals surface area contributed by atoms with Gasteiger partial charge in [0.05, 0.1) is 12.7 Å². The van der Waals surface area contributed by atoms with E-state index in [1.807, 2.05) is 0 Å². The van der Waals surface area contributed by atoms with Gasteiger partial charge in [-0.1, -0.05) is 15.9 Å². The Bertz CT molecular complexity index is 638. The number of rotatable bonds is 7. The molecule has 0 heterocycles. The zero-order valence-electron chi connectivity index (χ0n) is 12.5. The molecule has 1 aromatic carbocycles. The Morgan fingerprint density at radius 2 is 1.91 bits per heavy atom. The monoisotopic (exact) mass is 384 g/mol. The van der Waals surface area contributed by atoms with E-state index in [-0.39, 0.29) is 31.0 Å². The molecule has 0 spiro atoms. The number of carboxylic acid groups (broad SMARTS) is 2. The highest BCUT2D eigenvalue weighted by atomic mass is 79.9. The lowest BCUT2D eigenvalue weighted by Crippen LogP contribution is -2.15. The Hall–Kier alpha value is -1.89. The zero-order chi connectivity index (χ0) is 17.1. The van der Waals surface area contributed by atoms with Crippen LogP contribution in [0.1, 0.15) is 47.5 Å². The number of fused-ring (bicyclic) bond motifs is 1. The molecule has 1 unspecified atom stereocenters. The van der Waals surface area contributed by atoms with Gasteiger partial charge < -0.3 is 14.9 Å². The molecule has 0 saturated heterocycles. The molecule has 1 aromatic rings. The minimum atomic E-state index is -1.04. The molecule has 1 aliphatic carbocycles. The van der Waals surface area contributed by atoms with Crippen LogP contribution in [0.3, 0.4) is 0 Å². The van der Waals surface area contributed by atoms with Crippen LogP contribution >= 0.6 is 15.9 Å². The smallest absolute Gasteiger partial charge is 0.303 e. The predicted octanol–water partition coefficient (Wildman–Crippen LogP) is 3.08. The lowest BCUT2D eigenvalue weighted by Gasteiger charge is -2.19. The van der Waals surface area contributed by atoms with Gasteiger partial charge in [0.15, 0.2) is 5.78 Å². The van der Waals surface area contributed by atoms with E-state index >= 15 is 0 Å². The third kappa shape index (κ3) is 3.90. The second-order valence-corrected chi connectivity index (χ2v) is 6.51. The second kappa shape index (κ2) is 7.12. The summed E-state index contributed by atoms with van der Waals surface area (Å²) < 4.78 is 5.99. The van der Waals surface area contributed by atoms with E-state index < -0.39 is 17.9 Å². The molecular weight excluding hydrogens is 368 g/mol. The molecule has 1 atom stereocenters. The first-order valence-corrected chi connectivity index (χ1v) is 7.96. The highest BCUT2D eigenvalue weighted by Crippen LogP contribution is 2.45. The van der Waals surface area contributed by atoms with E-state index in [0.717, 1.165) is 10.0 Å². The summed E-state index contributed by atoms with van der Waals surface area (Å²) in [7, 11) is 1.49. The summed E-state index contributed by atoms with van der Waals surface area (Å²) in [5.74, 6) is -2.37. The molecule has 7 heteroatoms. The number of ether oxygens (including phenoxy) is 1. The van der Waals surface area contributed by atoms with Crippen molar-refractivity contribution in [1.29, 1.82) is 0 Å². The average Bonchev–Trinajstić information content (AvgIpc) is 2.76. The van der Waals surface area contributed by atoms with Crippen molar-refractivity contribution in [3.63, 3.8) is 0 Å². The normalized spacial score (nSPS) is 16.5. The summed E-state index contributed by atoms with van der Waals surface area (Å²) in [6, 6.07) is 3.49.